The van der Waals surface area contributed by atoms with E-state index in [0.717, 1.165) is 12.1 Å². The molecule has 0 aliphatic rings. The highest BCUT2D eigenvalue weighted by molar-refractivity contribution is 5.74. The first-order chi connectivity index (χ1) is 9.42. The van der Waals surface area contributed by atoms with Crippen LogP contribution in [0.2, 0.25) is 0 Å². The highest BCUT2D eigenvalue weighted by atomic mass is 19.1. The number of nitrogens with one attached hydrogen (secondary N) is 1. The van der Waals surface area contributed by atoms with Crippen LogP contribution in [0.4, 0.5) is 34.6 Å². The third-order valence-corrected chi connectivity index (χ3v) is 2.59. The van der Waals surface area contributed by atoms with E-state index in [-0.39, 0.29) is 17.1 Å². The first-order valence-corrected chi connectivity index (χ1v) is 5.47. The maximum atomic E-state index is 13.5. The Morgan fingerprint density at radius 1 is 0.950 bits per heavy atom. The highest BCUT2D eigenvalue weighted by Crippen LogP contribution is 2.32. The van der Waals surface area contributed by atoms with E-state index in [1.807, 2.05) is 0 Å². The first-order valence-electron chi connectivity index (χ1n) is 5.47. The molecular formula is C13H10F4N2O. The molecule has 0 atom stereocenters. The van der Waals surface area contributed by atoms with Crippen molar-refractivity contribution in [1.29, 1.82) is 0 Å². The van der Waals surface area contributed by atoms with Crippen molar-refractivity contribution >= 4 is 17.1 Å². The van der Waals surface area contributed by atoms with Crippen LogP contribution in [-0.2, 0) is 0 Å². The molecule has 0 radical (unpaired) electrons. The third kappa shape index (κ3) is 2.61. The van der Waals surface area contributed by atoms with Gasteiger partial charge in [-0.2, -0.15) is 0 Å². The van der Waals surface area contributed by atoms with E-state index >= 15 is 0 Å². The van der Waals surface area contributed by atoms with Gasteiger partial charge in [0.1, 0.15) is 11.5 Å². The number of ether oxygens (including phenoxy) is 1. The average Bonchev–Trinajstić information content (AvgIpc) is 2.35. The van der Waals surface area contributed by atoms with Gasteiger partial charge in [0.25, 0.3) is 0 Å². The molecule has 3 N–H and O–H groups in total. The first kappa shape index (κ1) is 14.0. The molecule has 3 nitrogen and oxygen atoms in total. The summed E-state index contributed by atoms with van der Waals surface area (Å²) in [5.74, 6) is -4.18. The van der Waals surface area contributed by atoms with Crippen molar-refractivity contribution in [1.82, 2.24) is 0 Å². The molecule has 0 aromatic heterocycles. The maximum Gasteiger partial charge on any atom is 0.167 e. The highest BCUT2D eigenvalue weighted by Gasteiger charge is 2.15. The van der Waals surface area contributed by atoms with Gasteiger partial charge in [-0.15, -0.1) is 0 Å². The van der Waals surface area contributed by atoms with Gasteiger partial charge in [-0.3, -0.25) is 0 Å². The van der Waals surface area contributed by atoms with E-state index in [1.165, 1.54) is 7.11 Å². The van der Waals surface area contributed by atoms with Crippen molar-refractivity contribution in [3.05, 3.63) is 47.5 Å². The minimum Gasteiger partial charge on any atom is -0.494 e. The quantitative estimate of drug-likeness (QED) is 0.669. The summed E-state index contributed by atoms with van der Waals surface area (Å²) in [4.78, 5) is 0. The van der Waals surface area contributed by atoms with Gasteiger partial charge >= 0.3 is 0 Å². The van der Waals surface area contributed by atoms with Crippen LogP contribution in [0.3, 0.4) is 0 Å². The number of methoxy groups -OCH3 is 1. The number of hydrogen-bond acceptors (Lipinski definition) is 3. The number of halogens is 4. The lowest BCUT2D eigenvalue weighted by atomic mass is 10.2. The predicted molar refractivity (Wildman–Crippen MR) is 67.0 cm³/mol. The van der Waals surface area contributed by atoms with Crippen molar-refractivity contribution in [2.24, 2.45) is 0 Å². The van der Waals surface area contributed by atoms with Gasteiger partial charge in [0.2, 0.25) is 0 Å². The molecular weight excluding hydrogens is 276 g/mol. The zero-order valence-electron chi connectivity index (χ0n) is 10.3. The average molecular weight is 286 g/mol. The van der Waals surface area contributed by atoms with Gasteiger partial charge in [0, 0.05) is 24.3 Å². The van der Waals surface area contributed by atoms with Gasteiger partial charge in [-0.1, -0.05) is 0 Å². The van der Waals surface area contributed by atoms with Gasteiger partial charge in [0.05, 0.1) is 18.5 Å². The van der Waals surface area contributed by atoms with Crippen LogP contribution in [-0.4, -0.2) is 7.11 Å². The van der Waals surface area contributed by atoms with Crippen molar-refractivity contribution in [2.45, 2.75) is 0 Å². The molecule has 2 aromatic carbocycles. The predicted octanol–water partition coefficient (Wildman–Crippen LogP) is 3.58. The second-order valence-corrected chi connectivity index (χ2v) is 3.94. The van der Waals surface area contributed by atoms with Crippen LogP contribution in [0.25, 0.3) is 0 Å². The molecule has 0 spiro atoms. The lowest BCUT2D eigenvalue weighted by molar-refractivity contribution is 0.387. The fourth-order valence-electron chi connectivity index (χ4n) is 1.63. The summed E-state index contributed by atoms with van der Waals surface area (Å²) in [5, 5.41) is 2.35. The van der Waals surface area contributed by atoms with Crippen LogP contribution < -0.4 is 15.8 Å². The third-order valence-electron chi connectivity index (χ3n) is 2.59. The summed E-state index contributed by atoms with van der Waals surface area (Å²) in [7, 11) is 1.23. The summed E-state index contributed by atoms with van der Waals surface area (Å²) in [5.41, 5.74) is 4.91. The van der Waals surface area contributed by atoms with Gasteiger partial charge < -0.3 is 15.8 Å². The van der Waals surface area contributed by atoms with Gasteiger partial charge in [0.15, 0.2) is 23.2 Å². The number of rotatable bonds is 3. The Morgan fingerprint density at radius 2 is 1.55 bits per heavy atom. The number of benzene rings is 2. The fraction of sp³-hybridized carbons (Fsp3) is 0.0769. The van der Waals surface area contributed by atoms with E-state index in [0.29, 0.717) is 12.1 Å². The van der Waals surface area contributed by atoms with E-state index < -0.39 is 29.0 Å². The van der Waals surface area contributed by atoms with Crippen molar-refractivity contribution in [3.63, 3.8) is 0 Å². The molecule has 0 fully saturated rings. The van der Waals surface area contributed by atoms with Gasteiger partial charge in [-0.25, -0.2) is 17.6 Å². The normalized spacial score (nSPS) is 10.4. The topological polar surface area (TPSA) is 47.3 Å². The molecule has 0 aliphatic carbocycles. The van der Waals surface area contributed by atoms with Crippen LogP contribution in [0, 0.1) is 23.3 Å². The molecule has 2 rings (SSSR count). The summed E-state index contributed by atoms with van der Waals surface area (Å²) in [6.07, 6.45) is 0. The van der Waals surface area contributed by atoms with Crippen LogP contribution in [0.5, 0.6) is 5.75 Å². The van der Waals surface area contributed by atoms with Crippen LogP contribution in [0.1, 0.15) is 0 Å². The van der Waals surface area contributed by atoms with Crippen molar-refractivity contribution in [3.8, 4) is 5.75 Å². The van der Waals surface area contributed by atoms with E-state index in [1.54, 1.807) is 0 Å². The van der Waals surface area contributed by atoms with Crippen LogP contribution >= 0.6 is 0 Å². The number of nitrogen functional groups attached to an aromatic ring is 1. The Morgan fingerprint density at radius 3 is 2.10 bits per heavy atom. The minimum atomic E-state index is -1.13. The standard InChI is InChI=1S/C13H10F4N2O/c1-20-12-5-11(10(18)4-7(12)15)19-13-8(16)2-6(14)3-9(13)17/h2-5,19H,18H2,1H3. The Labute approximate surface area is 112 Å². The molecule has 20 heavy (non-hydrogen) atoms. The molecule has 7 heteroatoms. The maximum absolute atomic E-state index is 13.5. The SMILES string of the molecule is COc1cc(Nc2c(F)cc(F)cc2F)c(N)cc1F. The molecule has 0 aliphatic heterocycles. The molecule has 2 aromatic rings. The molecule has 0 saturated heterocycles. The lowest BCUT2D eigenvalue weighted by Crippen LogP contribution is -2.03. The molecule has 0 amide bonds. The summed E-state index contributed by atoms with van der Waals surface area (Å²) >= 11 is 0. The molecule has 0 saturated carbocycles. The summed E-state index contributed by atoms with van der Waals surface area (Å²) < 4.78 is 57.9. The lowest BCUT2D eigenvalue weighted by Gasteiger charge is -2.13. The summed E-state index contributed by atoms with van der Waals surface area (Å²) in [6.45, 7) is 0. The second-order valence-electron chi connectivity index (χ2n) is 3.94. The Bertz CT molecular complexity index is 638. The zero-order valence-corrected chi connectivity index (χ0v) is 10.3. The van der Waals surface area contributed by atoms with Gasteiger partial charge in [-0.05, 0) is 0 Å². The number of hydrogen-bond donors (Lipinski definition) is 2. The number of anilines is 3. The van der Waals surface area contributed by atoms with Crippen LogP contribution in [0.15, 0.2) is 24.3 Å². The Kier molecular flexibility index (Phi) is 3.69. The van der Waals surface area contributed by atoms with E-state index in [4.69, 9.17) is 10.5 Å². The molecule has 0 bridgehead atoms. The minimum absolute atomic E-state index is 0.0349. The smallest absolute Gasteiger partial charge is 0.167 e. The van der Waals surface area contributed by atoms with E-state index in [2.05, 4.69) is 5.32 Å². The van der Waals surface area contributed by atoms with Crippen molar-refractivity contribution < 1.29 is 22.3 Å². The monoisotopic (exact) mass is 286 g/mol. The van der Waals surface area contributed by atoms with Crippen molar-refractivity contribution in [2.75, 3.05) is 18.2 Å². The molecule has 106 valence electrons. The second kappa shape index (κ2) is 5.28. The summed E-state index contributed by atoms with van der Waals surface area (Å²) in [6, 6.07) is 3.12. The molecule has 0 heterocycles. The Balaban J connectivity index is 2.45. The molecule has 0 unspecified atom stereocenters. The van der Waals surface area contributed by atoms with E-state index in [9.17, 15) is 17.6 Å². The zero-order chi connectivity index (χ0) is 14.9. The largest absolute Gasteiger partial charge is 0.494 e. The number of nitrogens with two attached hydrogens (primary N) is 1. The fourth-order valence-corrected chi connectivity index (χ4v) is 1.63. The Hall–Kier alpha value is -2.44.